The molecule has 0 fully saturated rings. The molecule has 0 spiro atoms. The third-order valence-electron chi connectivity index (χ3n) is 8.47. The molecule has 0 bridgehead atoms. The summed E-state index contributed by atoms with van der Waals surface area (Å²) in [5.41, 5.74) is 2.87. The van der Waals surface area contributed by atoms with E-state index in [0.717, 1.165) is 33.4 Å². The van der Waals surface area contributed by atoms with Crippen molar-refractivity contribution in [1.82, 2.24) is 0 Å². The standard InChI is InChI=1S/C39H32O3/c1-37(2,3)31-24-25-32-33(26-31)42-38(29-20-12-6-13-21-29)35(28-18-10-5-11-19-28)34(27-16-8-4-9-17-27)36(40)39(38,41-32)30-22-14-7-15-23-30/h4-26H,1-3H3. The fourth-order valence-corrected chi connectivity index (χ4v) is 6.49. The van der Waals surface area contributed by atoms with Crippen molar-refractivity contribution in [2.45, 2.75) is 37.4 Å². The maximum Gasteiger partial charge on any atom is 0.244 e. The van der Waals surface area contributed by atoms with Crippen molar-refractivity contribution in [3.63, 3.8) is 0 Å². The molecule has 2 atom stereocenters. The van der Waals surface area contributed by atoms with Crippen molar-refractivity contribution in [3.05, 3.63) is 167 Å². The minimum atomic E-state index is -1.53. The predicted octanol–water partition coefficient (Wildman–Crippen LogP) is 8.74. The molecular formula is C39H32O3. The van der Waals surface area contributed by atoms with Crippen molar-refractivity contribution < 1.29 is 14.3 Å². The maximum atomic E-state index is 15.4. The Morgan fingerprint density at radius 2 is 1.00 bits per heavy atom. The number of ketones is 1. The van der Waals surface area contributed by atoms with E-state index in [0.29, 0.717) is 17.1 Å². The highest BCUT2D eigenvalue weighted by Gasteiger charge is 2.72. The SMILES string of the molecule is CC(C)(C)c1ccc2c(c1)OC1(c3ccccc3)C(c3ccccc3)=C(c3ccccc3)C(=O)C1(c1ccccc1)O2. The van der Waals surface area contributed by atoms with Crippen LogP contribution in [0.2, 0.25) is 0 Å². The van der Waals surface area contributed by atoms with Gasteiger partial charge in [0.05, 0.1) is 0 Å². The Kier molecular flexibility index (Phi) is 5.95. The monoisotopic (exact) mass is 548 g/mol. The zero-order valence-corrected chi connectivity index (χ0v) is 24.0. The summed E-state index contributed by atoms with van der Waals surface area (Å²) in [4.78, 5) is 15.4. The molecule has 0 amide bonds. The molecule has 1 aliphatic heterocycles. The number of rotatable bonds is 4. The molecule has 1 heterocycles. The number of Topliss-reactive ketones (excluding diaryl/α,β-unsaturated/α-hetero) is 1. The molecule has 2 aliphatic rings. The van der Waals surface area contributed by atoms with Gasteiger partial charge in [-0.2, -0.15) is 0 Å². The van der Waals surface area contributed by atoms with Crippen LogP contribution in [0.5, 0.6) is 11.5 Å². The van der Waals surface area contributed by atoms with Crippen LogP contribution in [0.25, 0.3) is 11.1 Å². The number of fused-ring (bicyclic) bond motifs is 2. The molecule has 0 radical (unpaired) electrons. The molecule has 5 aromatic carbocycles. The van der Waals surface area contributed by atoms with Crippen molar-refractivity contribution in [2.24, 2.45) is 0 Å². The fourth-order valence-electron chi connectivity index (χ4n) is 6.49. The quantitative estimate of drug-likeness (QED) is 0.225. The first-order valence-electron chi connectivity index (χ1n) is 14.4. The lowest BCUT2D eigenvalue weighted by molar-refractivity contribution is -0.152. The second-order valence-corrected chi connectivity index (χ2v) is 12.0. The molecule has 3 nitrogen and oxygen atoms in total. The topological polar surface area (TPSA) is 35.5 Å². The molecule has 2 unspecified atom stereocenters. The van der Waals surface area contributed by atoms with E-state index in [4.69, 9.17) is 9.47 Å². The smallest absolute Gasteiger partial charge is 0.244 e. The Morgan fingerprint density at radius 3 is 1.55 bits per heavy atom. The largest absolute Gasteiger partial charge is 0.469 e. The molecule has 3 heteroatoms. The van der Waals surface area contributed by atoms with Crippen molar-refractivity contribution in [3.8, 4) is 11.5 Å². The first-order valence-corrected chi connectivity index (χ1v) is 14.4. The van der Waals surface area contributed by atoms with Gasteiger partial charge in [0.25, 0.3) is 0 Å². The van der Waals surface area contributed by atoms with Crippen LogP contribution in [-0.4, -0.2) is 5.78 Å². The number of hydrogen-bond acceptors (Lipinski definition) is 3. The zero-order valence-electron chi connectivity index (χ0n) is 24.0. The molecule has 7 rings (SSSR count). The molecule has 1 aliphatic carbocycles. The summed E-state index contributed by atoms with van der Waals surface area (Å²) >= 11 is 0. The summed E-state index contributed by atoms with van der Waals surface area (Å²) in [5.74, 6) is 1.04. The third kappa shape index (κ3) is 3.70. The van der Waals surface area contributed by atoms with Crippen molar-refractivity contribution >= 4 is 16.9 Å². The molecule has 42 heavy (non-hydrogen) atoms. The average molecular weight is 549 g/mol. The summed E-state index contributed by atoms with van der Waals surface area (Å²) in [6, 6.07) is 46.0. The highest BCUT2D eigenvalue weighted by molar-refractivity contribution is 6.37. The first-order chi connectivity index (χ1) is 20.4. The van der Waals surface area contributed by atoms with E-state index in [9.17, 15) is 0 Å². The normalized spacial score (nSPS) is 21.3. The fraction of sp³-hybridized carbons (Fsp3) is 0.154. The zero-order chi connectivity index (χ0) is 29.0. The van der Waals surface area contributed by atoms with E-state index in [1.54, 1.807) is 0 Å². The van der Waals surface area contributed by atoms with Crippen molar-refractivity contribution in [2.75, 3.05) is 0 Å². The Balaban J connectivity index is 1.66. The first kappa shape index (κ1) is 26.0. The number of ether oxygens (including phenoxy) is 2. The van der Waals surface area contributed by atoms with Gasteiger partial charge < -0.3 is 9.47 Å². The van der Waals surface area contributed by atoms with E-state index >= 15 is 4.79 Å². The summed E-state index contributed by atoms with van der Waals surface area (Å²) in [6.45, 7) is 6.55. The summed E-state index contributed by atoms with van der Waals surface area (Å²) < 4.78 is 14.6. The number of carbonyl (C=O) groups excluding carboxylic acids is 1. The molecule has 0 saturated carbocycles. The second-order valence-electron chi connectivity index (χ2n) is 12.0. The Morgan fingerprint density at radius 1 is 0.524 bits per heavy atom. The second kappa shape index (κ2) is 9.60. The minimum absolute atomic E-state index is 0.106. The molecule has 206 valence electrons. The van der Waals surface area contributed by atoms with E-state index in [2.05, 4.69) is 45.0 Å². The molecule has 0 N–H and O–H groups in total. The lowest BCUT2D eigenvalue weighted by Crippen LogP contribution is -2.60. The Hall–Kier alpha value is -4.89. The molecular weight excluding hydrogens is 516 g/mol. The average Bonchev–Trinajstić information content (AvgIpc) is 3.26. The van der Waals surface area contributed by atoms with Gasteiger partial charge in [-0.3, -0.25) is 4.79 Å². The van der Waals surface area contributed by atoms with Gasteiger partial charge in [0.1, 0.15) is 0 Å². The third-order valence-corrected chi connectivity index (χ3v) is 8.47. The van der Waals surface area contributed by atoms with Gasteiger partial charge in [0.2, 0.25) is 17.0 Å². The van der Waals surface area contributed by atoms with Crippen LogP contribution in [0, 0.1) is 0 Å². The van der Waals surface area contributed by atoms with Crippen LogP contribution >= 0.6 is 0 Å². The van der Waals surface area contributed by atoms with Crippen LogP contribution in [0.3, 0.4) is 0 Å². The van der Waals surface area contributed by atoms with Crippen LogP contribution in [-0.2, 0) is 21.4 Å². The van der Waals surface area contributed by atoms with Gasteiger partial charge in [0.15, 0.2) is 11.5 Å². The minimum Gasteiger partial charge on any atom is -0.469 e. The highest BCUT2D eigenvalue weighted by Crippen LogP contribution is 2.65. The molecule has 0 saturated heterocycles. The number of carbonyl (C=O) groups is 1. The van der Waals surface area contributed by atoms with Crippen molar-refractivity contribution in [1.29, 1.82) is 0 Å². The summed E-state index contributed by atoms with van der Waals surface area (Å²) in [5, 5.41) is 0. The Bertz CT molecular complexity index is 1800. The van der Waals surface area contributed by atoms with E-state index in [-0.39, 0.29) is 11.2 Å². The molecule has 5 aromatic rings. The van der Waals surface area contributed by atoms with Gasteiger partial charge in [-0.05, 0) is 34.2 Å². The number of benzene rings is 5. The summed E-state index contributed by atoms with van der Waals surface area (Å²) in [6.07, 6.45) is 0. The van der Waals surface area contributed by atoms with E-state index in [1.165, 1.54) is 0 Å². The van der Waals surface area contributed by atoms with Gasteiger partial charge in [-0.25, -0.2) is 0 Å². The van der Waals surface area contributed by atoms with Gasteiger partial charge in [-0.15, -0.1) is 0 Å². The Labute approximate surface area is 247 Å². The van der Waals surface area contributed by atoms with E-state index in [1.807, 2.05) is 115 Å². The molecule has 0 aromatic heterocycles. The van der Waals surface area contributed by atoms with Crippen LogP contribution < -0.4 is 9.47 Å². The maximum absolute atomic E-state index is 15.4. The number of hydrogen-bond donors (Lipinski definition) is 0. The predicted molar refractivity (Wildman–Crippen MR) is 167 cm³/mol. The van der Waals surface area contributed by atoms with Gasteiger partial charge in [-0.1, -0.05) is 148 Å². The summed E-state index contributed by atoms with van der Waals surface area (Å²) in [7, 11) is 0. The van der Waals surface area contributed by atoms with E-state index < -0.39 is 11.2 Å². The van der Waals surface area contributed by atoms with Crippen LogP contribution in [0.15, 0.2) is 140 Å². The lowest BCUT2D eigenvalue weighted by atomic mass is 9.69. The van der Waals surface area contributed by atoms with Gasteiger partial charge in [0, 0.05) is 22.3 Å². The lowest BCUT2D eigenvalue weighted by Gasteiger charge is -2.50. The van der Waals surface area contributed by atoms with Crippen LogP contribution in [0.4, 0.5) is 0 Å². The van der Waals surface area contributed by atoms with Gasteiger partial charge >= 0.3 is 0 Å². The van der Waals surface area contributed by atoms with Crippen LogP contribution in [0.1, 0.15) is 48.6 Å². The highest BCUT2D eigenvalue weighted by atomic mass is 16.6.